The van der Waals surface area contributed by atoms with Gasteiger partial charge in [0.05, 0.1) is 12.2 Å². The van der Waals surface area contributed by atoms with Crippen LogP contribution in [0.25, 0.3) is 0 Å². The molecule has 1 aromatic rings. The van der Waals surface area contributed by atoms with E-state index in [1.807, 2.05) is 6.07 Å². The van der Waals surface area contributed by atoms with Crippen LogP contribution in [0.3, 0.4) is 0 Å². The first-order valence-corrected chi connectivity index (χ1v) is 5.13. The second-order valence-corrected chi connectivity index (χ2v) is 4.00. The number of hydrogen-bond donors (Lipinski definition) is 0. The number of hydrogen-bond acceptors (Lipinski definition) is 1. The Balaban J connectivity index is 2.15. The molecule has 0 N–H and O–H groups in total. The lowest BCUT2D eigenvalue weighted by Gasteiger charge is -2.29. The predicted molar refractivity (Wildman–Crippen MR) is 58.1 cm³/mol. The summed E-state index contributed by atoms with van der Waals surface area (Å²) in [6.45, 7) is 6.17. The molecule has 2 atom stereocenters. The van der Waals surface area contributed by atoms with Gasteiger partial charge in [-0.15, -0.1) is 0 Å². The summed E-state index contributed by atoms with van der Waals surface area (Å²) in [5.74, 6) is 0. The number of ether oxygens (including phenoxy) is 1. The zero-order valence-electron chi connectivity index (χ0n) is 8.57. The summed E-state index contributed by atoms with van der Waals surface area (Å²) >= 11 is 0. The number of rotatable bonds is 1. The minimum atomic E-state index is 0.215. The largest absolute Gasteiger partial charge is 0.370 e. The van der Waals surface area contributed by atoms with E-state index in [1.54, 1.807) is 0 Å². The van der Waals surface area contributed by atoms with Gasteiger partial charge in [-0.25, -0.2) is 0 Å². The molecule has 0 bridgehead atoms. The first-order valence-electron chi connectivity index (χ1n) is 5.13. The Kier molecular flexibility index (Phi) is 2.69. The van der Waals surface area contributed by atoms with Crippen LogP contribution in [-0.2, 0) is 4.74 Å². The Bertz CT molecular complexity index is 315. The van der Waals surface area contributed by atoms with E-state index in [0.29, 0.717) is 6.10 Å². The molecule has 74 valence electrons. The maximum atomic E-state index is 5.88. The van der Waals surface area contributed by atoms with Gasteiger partial charge in [0.25, 0.3) is 0 Å². The molecule has 0 aromatic heterocycles. The van der Waals surface area contributed by atoms with Crippen LogP contribution in [0.2, 0.25) is 0 Å². The third-order valence-electron chi connectivity index (χ3n) is 2.62. The average molecular weight is 188 g/mol. The predicted octanol–water partition coefficient (Wildman–Crippen LogP) is 3.48. The van der Waals surface area contributed by atoms with Gasteiger partial charge in [-0.3, -0.25) is 0 Å². The van der Waals surface area contributed by atoms with E-state index in [2.05, 4.69) is 37.8 Å². The molecule has 14 heavy (non-hydrogen) atoms. The van der Waals surface area contributed by atoms with Crippen LogP contribution in [0, 0.1) is 0 Å². The molecular formula is C13H16O. The monoisotopic (exact) mass is 188 g/mol. The van der Waals surface area contributed by atoms with Crippen molar-refractivity contribution < 1.29 is 4.74 Å². The summed E-state index contributed by atoms with van der Waals surface area (Å²) in [4.78, 5) is 0. The molecule has 0 aliphatic carbocycles. The van der Waals surface area contributed by atoms with E-state index in [1.165, 1.54) is 11.1 Å². The summed E-state index contributed by atoms with van der Waals surface area (Å²) in [7, 11) is 0. The molecule has 1 saturated heterocycles. The van der Waals surface area contributed by atoms with Gasteiger partial charge in [0.15, 0.2) is 0 Å². The lowest BCUT2D eigenvalue weighted by molar-refractivity contribution is -0.0224. The molecule has 2 rings (SSSR count). The second-order valence-electron chi connectivity index (χ2n) is 4.00. The molecule has 1 aliphatic rings. The Morgan fingerprint density at radius 3 is 2.57 bits per heavy atom. The molecule has 0 unspecified atom stereocenters. The van der Waals surface area contributed by atoms with Gasteiger partial charge in [0.1, 0.15) is 0 Å². The minimum absolute atomic E-state index is 0.215. The standard InChI is InChI=1S/C13H16O/c1-10-8-11(2)14-13(9-10)12-6-4-3-5-7-12/h3-7,11,13H,1,8-9H2,2H3/t11-,13+/m0/s1. The van der Waals surface area contributed by atoms with Gasteiger partial charge in [-0.05, 0) is 25.3 Å². The normalized spacial score (nSPS) is 27.6. The van der Waals surface area contributed by atoms with Gasteiger partial charge >= 0.3 is 0 Å². The topological polar surface area (TPSA) is 9.23 Å². The van der Waals surface area contributed by atoms with Crippen LogP contribution >= 0.6 is 0 Å². The fourth-order valence-corrected chi connectivity index (χ4v) is 1.99. The molecular weight excluding hydrogens is 172 g/mol. The van der Waals surface area contributed by atoms with Gasteiger partial charge in [-0.1, -0.05) is 42.5 Å². The van der Waals surface area contributed by atoms with Crippen molar-refractivity contribution in [3.05, 3.63) is 48.0 Å². The molecule has 1 fully saturated rings. The van der Waals surface area contributed by atoms with Crippen molar-refractivity contribution in [3.8, 4) is 0 Å². The molecule has 1 heterocycles. The van der Waals surface area contributed by atoms with E-state index in [0.717, 1.165) is 12.8 Å². The highest BCUT2D eigenvalue weighted by Gasteiger charge is 2.22. The van der Waals surface area contributed by atoms with Crippen molar-refractivity contribution in [2.45, 2.75) is 32.0 Å². The lowest BCUT2D eigenvalue weighted by Crippen LogP contribution is -2.20. The van der Waals surface area contributed by atoms with Crippen molar-refractivity contribution in [3.63, 3.8) is 0 Å². The Morgan fingerprint density at radius 2 is 1.93 bits per heavy atom. The van der Waals surface area contributed by atoms with Gasteiger partial charge in [0, 0.05) is 0 Å². The maximum Gasteiger partial charge on any atom is 0.0865 e. The summed E-state index contributed by atoms with van der Waals surface area (Å²) in [6.07, 6.45) is 2.49. The first-order chi connectivity index (χ1) is 6.75. The zero-order valence-corrected chi connectivity index (χ0v) is 8.57. The van der Waals surface area contributed by atoms with Crippen LogP contribution in [0.4, 0.5) is 0 Å². The van der Waals surface area contributed by atoms with E-state index >= 15 is 0 Å². The Hall–Kier alpha value is -1.08. The van der Waals surface area contributed by atoms with Gasteiger partial charge in [-0.2, -0.15) is 0 Å². The summed E-state index contributed by atoms with van der Waals surface area (Å²) in [6, 6.07) is 10.4. The van der Waals surface area contributed by atoms with Crippen LogP contribution < -0.4 is 0 Å². The van der Waals surface area contributed by atoms with E-state index < -0.39 is 0 Å². The number of benzene rings is 1. The van der Waals surface area contributed by atoms with Crippen molar-refractivity contribution in [2.24, 2.45) is 0 Å². The van der Waals surface area contributed by atoms with Crippen LogP contribution in [-0.4, -0.2) is 6.10 Å². The third-order valence-corrected chi connectivity index (χ3v) is 2.62. The maximum absolute atomic E-state index is 5.88. The van der Waals surface area contributed by atoms with Crippen LogP contribution in [0.1, 0.15) is 31.4 Å². The zero-order chi connectivity index (χ0) is 9.97. The second kappa shape index (κ2) is 3.97. The SMILES string of the molecule is C=C1C[C@H](C)O[C@@H](c2ccccc2)C1. The molecule has 1 aliphatic heterocycles. The fourth-order valence-electron chi connectivity index (χ4n) is 1.99. The quantitative estimate of drug-likeness (QED) is 0.613. The molecule has 0 saturated carbocycles. The third kappa shape index (κ3) is 2.05. The van der Waals surface area contributed by atoms with Crippen molar-refractivity contribution in [1.82, 2.24) is 0 Å². The van der Waals surface area contributed by atoms with Gasteiger partial charge in [0.2, 0.25) is 0 Å². The molecule has 0 amide bonds. The lowest BCUT2D eigenvalue weighted by atomic mass is 9.95. The molecule has 1 aromatic carbocycles. The van der Waals surface area contributed by atoms with Crippen LogP contribution in [0.5, 0.6) is 0 Å². The van der Waals surface area contributed by atoms with Crippen LogP contribution in [0.15, 0.2) is 42.5 Å². The smallest absolute Gasteiger partial charge is 0.0865 e. The van der Waals surface area contributed by atoms with Crippen molar-refractivity contribution >= 4 is 0 Å². The highest BCUT2D eigenvalue weighted by atomic mass is 16.5. The Labute approximate surface area is 85.4 Å². The van der Waals surface area contributed by atoms with Gasteiger partial charge < -0.3 is 4.74 Å². The van der Waals surface area contributed by atoms with E-state index in [4.69, 9.17) is 4.74 Å². The summed E-state index contributed by atoms with van der Waals surface area (Å²) in [5, 5.41) is 0. The molecule has 1 nitrogen and oxygen atoms in total. The summed E-state index contributed by atoms with van der Waals surface area (Å²) in [5.41, 5.74) is 2.57. The van der Waals surface area contributed by atoms with E-state index in [-0.39, 0.29) is 6.10 Å². The highest BCUT2D eigenvalue weighted by molar-refractivity contribution is 5.20. The van der Waals surface area contributed by atoms with E-state index in [9.17, 15) is 0 Å². The first kappa shape index (κ1) is 9.47. The molecule has 0 radical (unpaired) electrons. The highest BCUT2D eigenvalue weighted by Crippen LogP contribution is 2.33. The van der Waals surface area contributed by atoms with Crippen molar-refractivity contribution in [1.29, 1.82) is 0 Å². The minimum Gasteiger partial charge on any atom is -0.370 e. The summed E-state index contributed by atoms with van der Waals surface area (Å²) < 4.78 is 5.88. The fraction of sp³-hybridized carbons (Fsp3) is 0.385. The molecule has 1 heteroatoms. The Morgan fingerprint density at radius 1 is 1.21 bits per heavy atom. The average Bonchev–Trinajstić information content (AvgIpc) is 2.18. The molecule has 0 spiro atoms. The van der Waals surface area contributed by atoms with Crippen molar-refractivity contribution in [2.75, 3.05) is 0 Å².